The third-order valence-electron chi connectivity index (χ3n) is 5.04. The summed E-state index contributed by atoms with van der Waals surface area (Å²) in [5, 5.41) is 10.9. The van der Waals surface area contributed by atoms with E-state index in [1.165, 1.54) is 17.2 Å². The minimum absolute atomic E-state index is 0.0882. The van der Waals surface area contributed by atoms with E-state index in [1.807, 2.05) is 4.90 Å². The summed E-state index contributed by atoms with van der Waals surface area (Å²) in [7, 11) is 0. The second-order valence-corrected chi connectivity index (χ2v) is 6.92. The van der Waals surface area contributed by atoms with Gasteiger partial charge in [0.2, 0.25) is 0 Å². The maximum Gasteiger partial charge on any atom is 0.453 e. The monoisotopic (exact) mass is 390 g/mol. The number of aryl methyl sites for hydroxylation is 1. The van der Waals surface area contributed by atoms with Crippen LogP contribution in [0.2, 0.25) is 0 Å². The van der Waals surface area contributed by atoms with Crippen molar-refractivity contribution in [2.45, 2.75) is 26.1 Å². The van der Waals surface area contributed by atoms with Gasteiger partial charge in [0.25, 0.3) is 5.82 Å². The molecule has 4 rings (SSSR count). The molecular weight excluding hydrogens is 369 g/mol. The van der Waals surface area contributed by atoms with E-state index in [9.17, 15) is 13.2 Å². The van der Waals surface area contributed by atoms with Gasteiger partial charge in [0, 0.05) is 32.7 Å². The Bertz CT molecular complexity index is 942. The van der Waals surface area contributed by atoms with Crippen LogP contribution < -0.4 is 4.90 Å². The van der Waals surface area contributed by atoms with Crippen molar-refractivity contribution in [3.63, 3.8) is 0 Å². The second-order valence-electron chi connectivity index (χ2n) is 6.92. The van der Waals surface area contributed by atoms with Gasteiger partial charge in [0.1, 0.15) is 5.82 Å². The molecule has 9 heteroatoms. The lowest BCUT2D eigenvalue weighted by atomic mass is 10.1. The molecule has 2 aromatic heterocycles. The van der Waals surface area contributed by atoms with Crippen molar-refractivity contribution < 1.29 is 13.2 Å². The van der Waals surface area contributed by atoms with Gasteiger partial charge in [-0.1, -0.05) is 31.2 Å². The van der Waals surface area contributed by atoms with E-state index in [0.717, 1.165) is 30.6 Å². The zero-order valence-electron chi connectivity index (χ0n) is 15.5. The Morgan fingerprint density at radius 3 is 2.21 bits per heavy atom. The molecule has 1 aromatic carbocycles. The molecule has 1 fully saturated rings. The Kier molecular flexibility index (Phi) is 4.92. The minimum atomic E-state index is -4.59. The van der Waals surface area contributed by atoms with E-state index < -0.39 is 12.0 Å². The van der Waals surface area contributed by atoms with Gasteiger partial charge in [-0.2, -0.15) is 17.7 Å². The fraction of sp³-hybridized carbons (Fsp3) is 0.421. The normalized spacial score (nSPS) is 16.1. The molecule has 28 heavy (non-hydrogen) atoms. The average molecular weight is 390 g/mol. The van der Waals surface area contributed by atoms with Gasteiger partial charge < -0.3 is 4.90 Å². The topological polar surface area (TPSA) is 49.6 Å². The molecule has 3 aromatic rings. The summed E-state index contributed by atoms with van der Waals surface area (Å²) in [6.07, 6.45) is -3.56. The number of halogens is 3. The third-order valence-corrected chi connectivity index (χ3v) is 5.04. The number of anilines is 1. The number of benzene rings is 1. The number of hydrogen-bond donors (Lipinski definition) is 0. The zero-order valence-corrected chi connectivity index (χ0v) is 15.5. The highest BCUT2D eigenvalue weighted by Gasteiger charge is 2.37. The first-order valence-electron chi connectivity index (χ1n) is 9.29. The number of alkyl halides is 3. The van der Waals surface area contributed by atoms with E-state index in [0.29, 0.717) is 18.9 Å². The smallest absolute Gasteiger partial charge is 0.353 e. The molecule has 1 aliphatic rings. The van der Waals surface area contributed by atoms with Crippen molar-refractivity contribution in [1.82, 2.24) is 24.7 Å². The number of rotatable bonds is 4. The summed E-state index contributed by atoms with van der Waals surface area (Å²) in [6.45, 7) is 6.06. The Labute approximate surface area is 160 Å². The van der Waals surface area contributed by atoms with Gasteiger partial charge in [0.15, 0.2) is 5.65 Å². The lowest BCUT2D eigenvalue weighted by Crippen LogP contribution is -2.46. The first kappa shape index (κ1) is 18.7. The van der Waals surface area contributed by atoms with E-state index in [2.05, 4.69) is 51.4 Å². The summed E-state index contributed by atoms with van der Waals surface area (Å²) < 4.78 is 39.9. The van der Waals surface area contributed by atoms with Crippen LogP contribution in [-0.4, -0.2) is 50.9 Å². The zero-order chi connectivity index (χ0) is 19.7. The molecular formula is C19H21F3N6. The SMILES string of the molecule is CCc1ccc(CN2CCN(c3ccc4nnc(C(F)(F)F)n4n3)CC2)cc1. The van der Waals surface area contributed by atoms with Crippen LogP contribution in [0.1, 0.15) is 23.9 Å². The maximum absolute atomic E-state index is 13.0. The molecule has 0 amide bonds. The molecule has 3 heterocycles. The van der Waals surface area contributed by atoms with E-state index in [-0.39, 0.29) is 5.65 Å². The lowest BCUT2D eigenvalue weighted by molar-refractivity contribution is -0.146. The number of nitrogens with zero attached hydrogens (tertiary/aromatic N) is 6. The van der Waals surface area contributed by atoms with Gasteiger partial charge in [-0.05, 0) is 29.7 Å². The lowest BCUT2D eigenvalue weighted by Gasteiger charge is -2.35. The van der Waals surface area contributed by atoms with E-state index >= 15 is 0 Å². The van der Waals surface area contributed by atoms with Crippen LogP contribution in [0, 0.1) is 0 Å². The molecule has 0 radical (unpaired) electrons. The first-order valence-corrected chi connectivity index (χ1v) is 9.29. The van der Waals surface area contributed by atoms with Gasteiger partial charge in [0.05, 0.1) is 0 Å². The third kappa shape index (κ3) is 3.80. The predicted octanol–water partition coefficient (Wildman–Crippen LogP) is 3.03. The van der Waals surface area contributed by atoms with Gasteiger partial charge >= 0.3 is 6.18 Å². The average Bonchev–Trinajstić information content (AvgIpc) is 3.13. The fourth-order valence-corrected chi connectivity index (χ4v) is 3.40. The van der Waals surface area contributed by atoms with Crippen LogP contribution >= 0.6 is 0 Å². The highest BCUT2D eigenvalue weighted by Crippen LogP contribution is 2.28. The van der Waals surface area contributed by atoms with Crippen molar-refractivity contribution >= 4 is 11.5 Å². The molecule has 0 saturated carbocycles. The highest BCUT2D eigenvalue weighted by atomic mass is 19.4. The van der Waals surface area contributed by atoms with Crippen molar-refractivity contribution in [3.8, 4) is 0 Å². The van der Waals surface area contributed by atoms with Crippen LogP contribution in [0.15, 0.2) is 36.4 Å². The molecule has 148 valence electrons. The predicted molar refractivity (Wildman–Crippen MR) is 99.1 cm³/mol. The maximum atomic E-state index is 13.0. The number of aromatic nitrogens is 4. The van der Waals surface area contributed by atoms with Crippen LogP contribution in [0.3, 0.4) is 0 Å². The number of fused-ring (bicyclic) bond motifs is 1. The number of piperazine rings is 1. The standard InChI is InChI=1S/C19H21F3N6/c1-2-14-3-5-15(6-4-14)13-26-9-11-27(12-10-26)17-8-7-16-23-24-18(19(20,21)22)28(16)25-17/h3-8H,2,9-13H2,1H3. The fourth-order valence-electron chi connectivity index (χ4n) is 3.40. The van der Waals surface area contributed by atoms with Gasteiger partial charge in [-0.15, -0.1) is 15.3 Å². The first-order chi connectivity index (χ1) is 13.4. The highest BCUT2D eigenvalue weighted by molar-refractivity contribution is 5.46. The molecule has 0 atom stereocenters. The van der Waals surface area contributed by atoms with Crippen molar-refractivity contribution in [2.24, 2.45) is 0 Å². The van der Waals surface area contributed by atoms with E-state index in [1.54, 1.807) is 6.07 Å². The molecule has 0 aliphatic carbocycles. The second kappa shape index (κ2) is 7.38. The molecule has 0 N–H and O–H groups in total. The summed E-state index contributed by atoms with van der Waals surface area (Å²) in [5.41, 5.74) is 2.68. The Hall–Kier alpha value is -2.68. The summed E-state index contributed by atoms with van der Waals surface area (Å²) in [5.74, 6) is -0.594. The van der Waals surface area contributed by atoms with Crippen molar-refractivity contribution in [3.05, 3.63) is 53.3 Å². The van der Waals surface area contributed by atoms with Crippen LogP contribution in [0.25, 0.3) is 5.65 Å². The Balaban J connectivity index is 1.43. The molecule has 0 spiro atoms. The largest absolute Gasteiger partial charge is 0.453 e. The number of hydrogen-bond acceptors (Lipinski definition) is 5. The van der Waals surface area contributed by atoms with Crippen molar-refractivity contribution in [2.75, 3.05) is 31.1 Å². The quantitative estimate of drug-likeness (QED) is 0.686. The molecule has 0 bridgehead atoms. The summed E-state index contributed by atoms with van der Waals surface area (Å²) >= 11 is 0. The van der Waals surface area contributed by atoms with Crippen LogP contribution in [0.5, 0.6) is 0 Å². The molecule has 0 unspecified atom stereocenters. The molecule has 1 saturated heterocycles. The Morgan fingerprint density at radius 2 is 1.57 bits per heavy atom. The summed E-state index contributed by atoms with van der Waals surface area (Å²) in [4.78, 5) is 4.34. The Morgan fingerprint density at radius 1 is 0.893 bits per heavy atom. The molecule has 6 nitrogen and oxygen atoms in total. The van der Waals surface area contributed by atoms with E-state index in [4.69, 9.17) is 0 Å². The van der Waals surface area contributed by atoms with Crippen LogP contribution in [-0.2, 0) is 19.1 Å². The summed E-state index contributed by atoms with van der Waals surface area (Å²) in [6, 6.07) is 11.8. The molecule has 1 aliphatic heterocycles. The minimum Gasteiger partial charge on any atom is -0.353 e. The van der Waals surface area contributed by atoms with Crippen LogP contribution in [0.4, 0.5) is 19.0 Å². The van der Waals surface area contributed by atoms with Gasteiger partial charge in [-0.3, -0.25) is 4.90 Å². The van der Waals surface area contributed by atoms with Gasteiger partial charge in [-0.25, -0.2) is 0 Å². The van der Waals surface area contributed by atoms with Crippen molar-refractivity contribution in [1.29, 1.82) is 0 Å².